The lowest BCUT2D eigenvalue weighted by Crippen LogP contribution is -2.08. The van der Waals surface area contributed by atoms with Crippen molar-refractivity contribution in [1.29, 1.82) is 0 Å². The number of benzene rings is 4. The van der Waals surface area contributed by atoms with Gasteiger partial charge in [0.25, 0.3) is 0 Å². The second kappa shape index (κ2) is 26.4. The summed E-state index contributed by atoms with van der Waals surface area (Å²) in [6.45, 7) is 11.9. The number of carbonyl (C=O) groups excluding carboxylic acids is 5. The smallest absolute Gasteiger partial charge is 0.373 e. The van der Waals surface area contributed by atoms with Crippen LogP contribution in [0, 0.1) is 13.8 Å². The topological polar surface area (TPSA) is 196 Å². The number of nitrogens with zero attached hydrogens (tertiary/aromatic N) is 4. The highest BCUT2D eigenvalue weighted by Crippen LogP contribution is 2.29. The molecule has 2 aromatic heterocycles. The molecule has 6 rings (SSSR count). The molecule has 0 saturated carbocycles. The van der Waals surface area contributed by atoms with Crippen molar-refractivity contribution in [2.24, 2.45) is 0 Å². The Kier molecular flexibility index (Phi) is 21.4. The Balaban J connectivity index is 0.000000344. The van der Waals surface area contributed by atoms with Crippen LogP contribution in [-0.4, -0.2) is 57.3 Å². The van der Waals surface area contributed by atoms with Gasteiger partial charge < -0.3 is 39.1 Å². The highest BCUT2D eigenvalue weighted by atomic mass is 35.5. The molecule has 0 bridgehead atoms. The summed E-state index contributed by atoms with van der Waals surface area (Å²) in [6.07, 6.45) is 12.0. The van der Waals surface area contributed by atoms with Crippen LogP contribution in [0.3, 0.4) is 0 Å². The van der Waals surface area contributed by atoms with E-state index in [2.05, 4.69) is 59.1 Å². The molecule has 15 nitrogen and oxygen atoms in total. The molecule has 1 amide bonds. The van der Waals surface area contributed by atoms with Gasteiger partial charge >= 0.3 is 18.1 Å². The number of imidazole rings is 2. The van der Waals surface area contributed by atoms with Crippen LogP contribution in [-0.2, 0) is 37.1 Å². The van der Waals surface area contributed by atoms with Crippen molar-refractivity contribution in [1.82, 2.24) is 19.1 Å². The predicted octanol–water partition coefficient (Wildman–Crippen LogP) is 7.75. The molecule has 324 valence electrons. The van der Waals surface area contributed by atoms with E-state index in [0.29, 0.717) is 46.7 Å². The van der Waals surface area contributed by atoms with Gasteiger partial charge in [-0.15, -0.1) is 12.4 Å². The molecule has 16 heteroatoms. The van der Waals surface area contributed by atoms with Crippen molar-refractivity contribution >= 4 is 60.2 Å². The first kappa shape index (κ1) is 50.4. The predicted molar refractivity (Wildman–Crippen MR) is 238 cm³/mol. The summed E-state index contributed by atoms with van der Waals surface area (Å²) in [5.41, 5.74) is 12.0. The number of anilines is 2. The first-order valence-corrected chi connectivity index (χ1v) is 18.5. The molecule has 0 atom stereocenters. The molecule has 0 saturated heterocycles. The Morgan fingerprint density at radius 2 is 1.21 bits per heavy atom. The van der Waals surface area contributed by atoms with E-state index in [1.54, 1.807) is 61.3 Å². The van der Waals surface area contributed by atoms with Crippen LogP contribution in [0.1, 0.15) is 47.2 Å². The van der Waals surface area contributed by atoms with Gasteiger partial charge in [-0.3, -0.25) is 14.4 Å². The molecule has 0 aliphatic rings. The Bertz CT molecular complexity index is 2470. The molecular formula is C46H49ClN6O9. The standard InChI is InChI=1S/C23H23N3O4.C11H13N3.C11H12O3.CO2.ClH/c1-16-5-4-6-19(11-16)13-26-14-22(24-15-26)25-23(28)10-8-18-7-9-20(29-3)21(12-18)30-17(2)27;1-9-3-2-4-10(5-9)6-14-7-11(12)13-8-14;1-4-9-5-6-10(13-3)11(7-9)14-8(2)12;2-1-3;/h4-12,14-15H,13H2,1-3H3,(H,25,28);2-5,7-8H,6,12H2,1H3;4-7H,1H2,2-3H3;;1H/b10-8+;;;;. The van der Waals surface area contributed by atoms with Crippen molar-refractivity contribution in [2.45, 2.75) is 40.8 Å². The van der Waals surface area contributed by atoms with Crippen molar-refractivity contribution in [3.8, 4) is 23.0 Å². The number of amides is 1. The quantitative estimate of drug-likeness (QED) is 0.0691. The minimum absolute atomic E-state index is 0. The van der Waals surface area contributed by atoms with E-state index in [9.17, 15) is 14.4 Å². The number of carbonyl (C=O) groups is 3. The normalized spacial score (nSPS) is 9.77. The van der Waals surface area contributed by atoms with E-state index < -0.39 is 5.97 Å². The molecule has 0 unspecified atom stereocenters. The second-order valence-corrected chi connectivity index (χ2v) is 13.0. The SMILES string of the molecule is C=Cc1ccc(OC)c(OC(C)=O)c1.COc1ccc(/C=C/C(=O)Nc2cn(Cc3cccc(C)c3)cn2)cc1OC(C)=O.Cc1cccc(Cn2cnc(N)c2)c1.Cl.O=C=O. The summed E-state index contributed by atoms with van der Waals surface area (Å²) < 4.78 is 24.2. The van der Waals surface area contributed by atoms with Gasteiger partial charge in [0.1, 0.15) is 5.82 Å². The van der Waals surface area contributed by atoms with Crippen molar-refractivity contribution < 1.29 is 42.9 Å². The zero-order chi connectivity index (χ0) is 44.7. The maximum absolute atomic E-state index is 12.2. The van der Waals surface area contributed by atoms with Crippen molar-refractivity contribution in [2.75, 3.05) is 25.3 Å². The van der Waals surface area contributed by atoms with E-state index in [1.807, 2.05) is 46.5 Å². The molecule has 0 aliphatic carbocycles. The maximum atomic E-state index is 12.2. The Morgan fingerprint density at radius 1 is 0.726 bits per heavy atom. The van der Waals surface area contributed by atoms with Crippen LogP contribution in [0.15, 0.2) is 123 Å². The van der Waals surface area contributed by atoms with Gasteiger partial charge in [-0.1, -0.05) is 84.4 Å². The van der Waals surface area contributed by atoms with Crippen LogP contribution < -0.4 is 30.0 Å². The van der Waals surface area contributed by atoms with Crippen LogP contribution in [0.25, 0.3) is 12.2 Å². The Hall–Kier alpha value is -7.74. The fraction of sp³-hybridized carbons (Fsp3) is 0.174. The van der Waals surface area contributed by atoms with Gasteiger partial charge in [0, 0.05) is 45.4 Å². The number of halogens is 1. The number of rotatable bonds is 12. The number of methoxy groups -OCH3 is 2. The Morgan fingerprint density at radius 3 is 1.66 bits per heavy atom. The largest absolute Gasteiger partial charge is 0.493 e. The first-order valence-electron chi connectivity index (χ1n) is 18.5. The summed E-state index contributed by atoms with van der Waals surface area (Å²) in [5, 5.41) is 2.73. The molecule has 3 N–H and O–H groups in total. The maximum Gasteiger partial charge on any atom is 0.373 e. The highest BCUT2D eigenvalue weighted by Gasteiger charge is 2.09. The summed E-state index contributed by atoms with van der Waals surface area (Å²) in [6, 6.07) is 27.0. The average Bonchev–Trinajstić information content (AvgIpc) is 3.84. The van der Waals surface area contributed by atoms with Gasteiger partial charge in [-0.05, 0) is 66.4 Å². The lowest BCUT2D eigenvalue weighted by atomic mass is 10.1. The molecule has 0 spiro atoms. The fourth-order valence-electron chi connectivity index (χ4n) is 5.44. The minimum Gasteiger partial charge on any atom is -0.493 e. The van der Waals surface area contributed by atoms with Gasteiger partial charge in [-0.2, -0.15) is 9.59 Å². The van der Waals surface area contributed by atoms with E-state index in [-0.39, 0.29) is 30.4 Å². The van der Waals surface area contributed by atoms with E-state index >= 15 is 0 Å². The number of ether oxygens (including phenoxy) is 4. The summed E-state index contributed by atoms with van der Waals surface area (Å²) in [7, 11) is 3.01. The number of nitrogens with one attached hydrogen (secondary N) is 1. The third kappa shape index (κ3) is 18.0. The Labute approximate surface area is 366 Å². The molecule has 0 fully saturated rings. The van der Waals surface area contributed by atoms with Gasteiger partial charge in [-0.25, -0.2) is 9.97 Å². The number of aromatic nitrogens is 4. The summed E-state index contributed by atoms with van der Waals surface area (Å²) >= 11 is 0. The number of nitrogens with two attached hydrogens (primary N) is 1. The average molecular weight is 865 g/mol. The van der Waals surface area contributed by atoms with Gasteiger partial charge in [0.15, 0.2) is 28.8 Å². The van der Waals surface area contributed by atoms with E-state index in [1.165, 1.54) is 50.8 Å². The number of hydrogen-bond donors (Lipinski definition) is 2. The molecule has 0 radical (unpaired) electrons. The third-order valence-corrected chi connectivity index (χ3v) is 7.98. The van der Waals surface area contributed by atoms with E-state index in [4.69, 9.17) is 34.3 Å². The number of esters is 2. The van der Waals surface area contributed by atoms with Gasteiger partial charge in [0.2, 0.25) is 5.91 Å². The molecule has 6 aromatic rings. The molecular weight excluding hydrogens is 816 g/mol. The lowest BCUT2D eigenvalue weighted by Gasteiger charge is -2.08. The zero-order valence-electron chi connectivity index (χ0n) is 35.2. The first-order chi connectivity index (χ1) is 29.2. The third-order valence-electron chi connectivity index (χ3n) is 7.98. The number of aryl methyl sites for hydroxylation is 2. The van der Waals surface area contributed by atoms with Gasteiger partial charge in [0.05, 0.1) is 26.9 Å². The van der Waals surface area contributed by atoms with E-state index in [0.717, 1.165) is 17.7 Å². The van der Waals surface area contributed by atoms with Crippen molar-refractivity contribution in [3.05, 3.63) is 156 Å². The molecule has 4 aromatic carbocycles. The molecule has 2 heterocycles. The molecule has 0 aliphatic heterocycles. The van der Waals surface area contributed by atoms with Crippen LogP contribution in [0.2, 0.25) is 0 Å². The summed E-state index contributed by atoms with van der Waals surface area (Å²) in [5.74, 6) is 1.57. The molecule has 62 heavy (non-hydrogen) atoms. The lowest BCUT2D eigenvalue weighted by molar-refractivity contribution is -0.191. The zero-order valence-corrected chi connectivity index (χ0v) is 36.0. The fourth-order valence-corrected chi connectivity index (χ4v) is 5.44. The van der Waals surface area contributed by atoms with Crippen LogP contribution in [0.5, 0.6) is 23.0 Å². The summed E-state index contributed by atoms with van der Waals surface area (Å²) in [4.78, 5) is 58.7. The van der Waals surface area contributed by atoms with Crippen molar-refractivity contribution in [3.63, 3.8) is 0 Å². The van der Waals surface area contributed by atoms with Crippen LogP contribution >= 0.6 is 12.4 Å². The van der Waals surface area contributed by atoms with Crippen LogP contribution in [0.4, 0.5) is 11.6 Å². The number of nitrogen functional groups attached to an aromatic ring is 1. The number of hydrogen-bond acceptors (Lipinski definition) is 12. The second-order valence-electron chi connectivity index (χ2n) is 13.0. The highest BCUT2D eigenvalue weighted by molar-refractivity contribution is 6.01. The monoisotopic (exact) mass is 864 g/mol. The minimum atomic E-state index is -0.451.